The first-order valence-corrected chi connectivity index (χ1v) is 10.4. The summed E-state index contributed by atoms with van der Waals surface area (Å²) in [5, 5.41) is 0. The Balaban J connectivity index is 1.28. The van der Waals surface area contributed by atoms with Crippen LogP contribution in [0.5, 0.6) is 11.5 Å². The van der Waals surface area contributed by atoms with Gasteiger partial charge in [0, 0.05) is 19.3 Å². The molecule has 6 heteroatoms. The number of carbonyl (C=O) groups is 1. The number of hydrogen-bond donors (Lipinski definition) is 1. The molecule has 6 nitrogen and oxygen atoms in total. The van der Waals surface area contributed by atoms with Crippen molar-refractivity contribution in [3.8, 4) is 11.5 Å². The van der Waals surface area contributed by atoms with Crippen LogP contribution in [-0.4, -0.2) is 63.8 Å². The molecule has 2 aromatic carbocycles. The van der Waals surface area contributed by atoms with Gasteiger partial charge in [0.25, 0.3) is 5.91 Å². The molecule has 0 radical (unpaired) electrons. The van der Waals surface area contributed by atoms with Crippen molar-refractivity contribution in [2.24, 2.45) is 0 Å². The number of quaternary nitrogens is 1. The largest absolute Gasteiger partial charge is 0.486 e. The van der Waals surface area contributed by atoms with Crippen LogP contribution in [-0.2, 0) is 11.3 Å². The molecule has 0 aliphatic carbocycles. The predicted molar refractivity (Wildman–Crippen MR) is 113 cm³/mol. The number of piperazine rings is 1. The second-order valence-corrected chi connectivity index (χ2v) is 7.93. The maximum atomic E-state index is 12.7. The van der Waals surface area contributed by atoms with Crippen LogP contribution in [0.25, 0.3) is 0 Å². The predicted octanol–water partition coefficient (Wildman–Crippen LogP) is 1.13. The molecular formula is C23H30N3O3+. The summed E-state index contributed by atoms with van der Waals surface area (Å²) in [6, 6.07) is 14.4. The number of nitrogens with zero attached hydrogens (tertiary/aromatic N) is 2. The van der Waals surface area contributed by atoms with Crippen molar-refractivity contribution in [3.63, 3.8) is 0 Å². The SMILES string of the molecule is Cc1ccccc1N1CC[NH+](CC(=O)N(C)Cc2ccc3c(c2)OCCO3)CC1. The van der Waals surface area contributed by atoms with Gasteiger partial charge < -0.3 is 24.2 Å². The number of likely N-dealkylation sites (N-methyl/N-ethyl adjacent to an activating group) is 1. The fraction of sp³-hybridized carbons (Fsp3) is 0.435. The van der Waals surface area contributed by atoms with Gasteiger partial charge in [0.2, 0.25) is 0 Å². The van der Waals surface area contributed by atoms with Gasteiger partial charge in [-0.3, -0.25) is 4.79 Å². The monoisotopic (exact) mass is 396 g/mol. The van der Waals surface area contributed by atoms with E-state index in [1.54, 1.807) is 0 Å². The minimum absolute atomic E-state index is 0.180. The molecule has 2 heterocycles. The van der Waals surface area contributed by atoms with Crippen molar-refractivity contribution < 1.29 is 19.2 Å². The van der Waals surface area contributed by atoms with Gasteiger partial charge in [-0.15, -0.1) is 0 Å². The fourth-order valence-electron chi connectivity index (χ4n) is 4.06. The summed E-state index contributed by atoms with van der Waals surface area (Å²) < 4.78 is 11.2. The fourth-order valence-corrected chi connectivity index (χ4v) is 4.06. The highest BCUT2D eigenvalue weighted by Gasteiger charge is 2.24. The lowest BCUT2D eigenvalue weighted by molar-refractivity contribution is -0.892. The second-order valence-electron chi connectivity index (χ2n) is 7.93. The van der Waals surface area contributed by atoms with Gasteiger partial charge in [0.15, 0.2) is 18.0 Å². The Morgan fingerprint density at radius 2 is 1.79 bits per heavy atom. The molecule has 154 valence electrons. The first kappa shape index (κ1) is 19.6. The lowest BCUT2D eigenvalue weighted by Crippen LogP contribution is -3.15. The van der Waals surface area contributed by atoms with E-state index in [4.69, 9.17) is 9.47 Å². The van der Waals surface area contributed by atoms with Gasteiger partial charge in [-0.1, -0.05) is 24.3 Å². The number of hydrogen-bond acceptors (Lipinski definition) is 4. The van der Waals surface area contributed by atoms with E-state index in [0.717, 1.165) is 43.2 Å². The van der Waals surface area contributed by atoms with Gasteiger partial charge in [0.1, 0.15) is 13.2 Å². The molecule has 1 N–H and O–H groups in total. The highest BCUT2D eigenvalue weighted by molar-refractivity contribution is 5.76. The van der Waals surface area contributed by atoms with Crippen LogP contribution < -0.4 is 19.3 Å². The van der Waals surface area contributed by atoms with Gasteiger partial charge in [-0.05, 0) is 36.2 Å². The van der Waals surface area contributed by atoms with Crippen LogP contribution in [0.4, 0.5) is 5.69 Å². The molecule has 0 saturated carbocycles. The molecule has 4 rings (SSSR count). The second kappa shape index (κ2) is 8.74. The first-order valence-electron chi connectivity index (χ1n) is 10.4. The van der Waals surface area contributed by atoms with Crippen LogP contribution >= 0.6 is 0 Å². The molecular weight excluding hydrogens is 366 g/mol. The average molecular weight is 397 g/mol. The molecule has 2 aliphatic rings. The third-order valence-electron chi connectivity index (χ3n) is 5.78. The van der Waals surface area contributed by atoms with Gasteiger partial charge in [-0.2, -0.15) is 0 Å². The average Bonchev–Trinajstić information content (AvgIpc) is 2.74. The molecule has 1 amide bonds. The zero-order valence-corrected chi connectivity index (χ0v) is 17.3. The van der Waals surface area contributed by atoms with Crippen LogP contribution in [0.3, 0.4) is 0 Å². The van der Waals surface area contributed by atoms with E-state index >= 15 is 0 Å². The summed E-state index contributed by atoms with van der Waals surface area (Å²) in [6.45, 7) is 8.38. The van der Waals surface area contributed by atoms with Crippen molar-refractivity contribution in [1.29, 1.82) is 0 Å². The van der Waals surface area contributed by atoms with Gasteiger partial charge in [0.05, 0.1) is 26.2 Å². The number of rotatable bonds is 5. The number of nitrogens with one attached hydrogen (secondary N) is 1. The van der Waals surface area contributed by atoms with E-state index in [0.29, 0.717) is 26.3 Å². The van der Waals surface area contributed by atoms with Crippen LogP contribution in [0.2, 0.25) is 0 Å². The summed E-state index contributed by atoms with van der Waals surface area (Å²) in [5.74, 6) is 1.73. The minimum Gasteiger partial charge on any atom is -0.486 e. The van der Waals surface area contributed by atoms with Crippen molar-refractivity contribution in [2.45, 2.75) is 13.5 Å². The molecule has 29 heavy (non-hydrogen) atoms. The van der Waals surface area contributed by atoms with E-state index in [-0.39, 0.29) is 5.91 Å². The topological polar surface area (TPSA) is 46.5 Å². The first-order chi connectivity index (χ1) is 14.1. The van der Waals surface area contributed by atoms with Crippen molar-refractivity contribution in [1.82, 2.24) is 4.90 Å². The lowest BCUT2D eigenvalue weighted by atomic mass is 10.1. The Morgan fingerprint density at radius 3 is 2.55 bits per heavy atom. The third-order valence-corrected chi connectivity index (χ3v) is 5.78. The number of carbonyl (C=O) groups excluding carboxylic acids is 1. The van der Waals surface area contributed by atoms with E-state index in [1.165, 1.54) is 16.2 Å². The Bertz CT molecular complexity index is 862. The van der Waals surface area contributed by atoms with Crippen molar-refractivity contribution in [2.75, 3.05) is 57.9 Å². The highest BCUT2D eigenvalue weighted by atomic mass is 16.6. The molecule has 1 saturated heterocycles. The van der Waals surface area contributed by atoms with E-state index in [9.17, 15) is 4.79 Å². The Labute approximate surface area is 172 Å². The minimum atomic E-state index is 0.180. The molecule has 0 aromatic heterocycles. The maximum Gasteiger partial charge on any atom is 0.277 e. The van der Waals surface area contributed by atoms with Crippen LogP contribution in [0.15, 0.2) is 42.5 Å². The number of anilines is 1. The van der Waals surface area contributed by atoms with E-state index in [2.05, 4.69) is 36.1 Å². The highest BCUT2D eigenvalue weighted by Crippen LogP contribution is 2.31. The van der Waals surface area contributed by atoms with E-state index in [1.807, 2.05) is 30.1 Å². The Morgan fingerprint density at radius 1 is 1.07 bits per heavy atom. The van der Waals surface area contributed by atoms with Crippen molar-refractivity contribution >= 4 is 11.6 Å². The number of fused-ring (bicyclic) bond motifs is 1. The van der Waals surface area contributed by atoms with E-state index < -0.39 is 0 Å². The summed E-state index contributed by atoms with van der Waals surface area (Å²) >= 11 is 0. The molecule has 0 atom stereocenters. The molecule has 2 aliphatic heterocycles. The summed E-state index contributed by atoms with van der Waals surface area (Å²) in [6.07, 6.45) is 0. The number of benzene rings is 2. The standard InChI is InChI=1S/C23H29N3O3/c1-18-5-3-4-6-20(18)26-11-9-25(10-12-26)17-23(27)24(2)16-19-7-8-21-22(15-19)29-14-13-28-21/h3-8,15H,9-14,16-17H2,1-2H3/p+1. The molecule has 0 spiro atoms. The van der Waals surface area contributed by atoms with Gasteiger partial charge >= 0.3 is 0 Å². The third kappa shape index (κ3) is 4.65. The quantitative estimate of drug-likeness (QED) is 0.823. The number of para-hydroxylation sites is 1. The summed E-state index contributed by atoms with van der Waals surface area (Å²) in [4.78, 5) is 18.3. The molecule has 0 bridgehead atoms. The molecule has 0 unspecified atom stereocenters. The Hall–Kier alpha value is -2.73. The zero-order chi connectivity index (χ0) is 20.2. The maximum absolute atomic E-state index is 12.7. The number of aryl methyl sites for hydroxylation is 1. The number of ether oxygens (including phenoxy) is 2. The van der Waals surface area contributed by atoms with Crippen LogP contribution in [0.1, 0.15) is 11.1 Å². The van der Waals surface area contributed by atoms with Crippen molar-refractivity contribution in [3.05, 3.63) is 53.6 Å². The lowest BCUT2D eigenvalue weighted by Gasteiger charge is -2.34. The van der Waals surface area contributed by atoms with Crippen LogP contribution in [0, 0.1) is 6.92 Å². The summed E-state index contributed by atoms with van der Waals surface area (Å²) in [7, 11) is 1.88. The smallest absolute Gasteiger partial charge is 0.277 e. The zero-order valence-electron chi connectivity index (χ0n) is 17.3. The summed E-state index contributed by atoms with van der Waals surface area (Å²) in [5.41, 5.74) is 3.68. The molecule has 1 fully saturated rings. The van der Waals surface area contributed by atoms with Gasteiger partial charge in [-0.25, -0.2) is 0 Å². The Kier molecular flexibility index (Phi) is 5.90. The molecule has 2 aromatic rings. The normalized spacial score (nSPS) is 16.6. The number of amides is 1.